The molecule has 220 valence electrons. The number of benzene rings is 3. The Labute approximate surface area is 247 Å². The number of nitrogens with one attached hydrogen (secondary N) is 1. The van der Waals surface area contributed by atoms with Crippen LogP contribution in [0.15, 0.2) is 83.8 Å². The molecule has 0 saturated carbocycles. The predicted octanol–water partition coefficient (Wildman–Crippen LogP) is 2.67. The summed E-state index contributed by atoms with van der Waals surface area (Å²) in [5, 5.41) is 3.28. The topological polar surface area (TPSA) is 124 Å². The summed E-state index contributed by atoms with van der Waals surface area (Å²) in [5.74, 6) is -1.90. The number of nitrogens with zero attached hydrogens (tertiary/aromatic N) is 3. The van der Waals surface area contributed by atoms with Crippen LogP contribution in [-0.2, 0) is 31.0 Å². The lowest BCUT2D eigenvalue weighted by atomic mass is 10.0. The van der Waals surface area contributed by atoms with Crippen molar-refractivity contribution in [3.05, 3.63) is 95.0 Å². The van der Waals surface area contributed by atoms with Gasteiger partial charge < -0.3 is 20.0 Å². The fraction of sp³-hybridized carbons (Fsp3) is 0.241. The van der Waals surface area contributed by atoms with E-state index >= 15 is 0 Å². The van der Waals surface area contributed by atoms with Crippen LogP contribution >= 0.6 is 11.6 Å². The van der Waals surface area contributed by atoms with Crippen LogP contribution in [-0.4, -0.2) is 81.1 Å². The molecule has 0 radical (unpaired) electrons. The minimum Gasteiger partial charge on any atom is -0.342 e. The monoisotopic (exact) mass is 614 g/mol. The molecule has 0 spiro atoms. The molecule has 1 fully saturated rings. The normalized spacial score (nSPS) is 14.3. The van der Waals surface area contributed by atoms with Gasteiger partial charge >= 0.3 is 10.2 Å². The zero-order valence-electron chi connectivity index (χ0n) is 22.6. The Bertz CT molecular complexity index is 1570. The third-order valence-corrected chi connectivity index (χ3v) is 7.87. The van der Waals surface area contributed by atoms with Crippen molar-refractivity contribution in [1.29, 1.82) is 0 Å². The van der Waals surface area contributed by atoms with E-state index in [0.29, 0.717) is 10.7 Å². The van der Waals surface area contributed by atoms with Crippen molar-refractivity contribution in [2.24, 2.45) is 0 Å². The SMILES string of the molecule is CN(C(=O)C(Cc1ccccc1)NC(=O)CN1CCN(C(=O)c2ccc(S(=O)(=O)F)cc2)CC1=O)c1ccc(Cl)cc1. The van der Waals surface area contributed by atoms with Crippen LogP contribution < -0.4 is 10.2 Å². The number of hydrogen-bond acceptors (Lipinski definition) is 6. The maximum atomic E-state index is 13.5. The van der Waals surface area contributed by atoms with Crippen LogP contribution in [0.3, 0.4) is 0 Å². The molecule has 1 aliphatic rings. The van der Waals surface area contributed by atoms with E-state index in [1.807, 2.05) is 30.3 Å². The van der Waals surface area contributed by atoms with Gasteiger partial charge in [-0.15, -0.1) is 3.89 Å². The van der Waals surface area contributed by atoms with Crippen LogP contribution in [0.4, 0.5) is 9.57 Å². The highest BCUT2D eigenvalue weighted by atomic mass is 35.5. The Balaban J connectivity index is 1.39. The Kier molecular flexibility index (Phi) is 9.59. The molecule has 0 bridgehead atoms. The minimum absolute atomic E-state index is 0.0664. The fourth-order valence-corrected chi connectivity index (χ4v) is 5.07. The number of likely N-dealkylation sites (N-methyl/N-ethyl adjacent to an activating group) is 1. The van der Waals surface area contributed by atoms with Crippen molar-refractivity contribution in [3.8, 4) is 0 Å². The van der Waals surface area contributed by atoms with Crippen LogP contribution in [0.25, 0.3) is 0 Å². The summed E-state index contributed by atoms with van der Waals surface area (Å²) in [6.07, 6.45) is 0.224. The van der Waals surface area contributed by atoms with Gasteiger partial charge in [0.2, 0.25) is 17.7 Å². The number of carbonyl (C=O) groups is 4. The van der Waals surface area contributed by atoms with Crippen molar-refractivity contribution in [1.82, 2.24) is 15.1 Å². The Morgan fingerprint density at radius 2 is 1.62 bits per heavy atom. The van der Waals surface area contributed by atoms with Gasteiger partial charge in [-0.3, -0.25) is 19.2 Å². The molecule has 4 amide bonds. The molecule has 1 saturated heterocycles. The van der Waals surface area contributed by atoms with Gasteiger partial charge in [0.25, 0.3) is 5.91 Å². The van der Waals surface area contributed by atoms with Gasteiger partial charge in [0, 0.05) is 42.8 Å². The molecule has 13 heteroatoms. The van der Waals surface area contributed by atoms with Crippen molar-refractivity contribution in [3.63, 3.8) is 0 Å². The first kappa shape index (κ1) is 30.7. The van der Waals surface area contributed by atoms with Crippen LogP contribution in [0, 0.1) is 0 Å². The molecule has 1 heterocycles. The maximum absolute atomic E-state index is 13.5. The number of anilines is 1. The van der Waals surface area contributed by atoms with E-state index < -0.39 is 38.9 Å². The summed E-state index contributed by atoms with van der Waals surface area (Å²) in [4.78, 5) is 55.6. The molecule has 0 aromatic heterocycles. The summed E-state index contributed by atoms with van der Waals surface area (Å²) in [6, 6.07) is 19.3. The summed E-state index contributed by atoms with van der Waals surface area (Å²) in [7, 11) is -3.31. The lowest BCUT2D eigenvalue weighted by molar-refractivity contribution is -0.139. The van der Waals surface area contributed by atoms with Gasteiger partial charge in [-0.05, 0) is 54.1 Å². The first-order valence-corrected chi connectivity index (χ1v) is 14.7. The Morgan fingerprint density at radius 3 is 2.21 bits per heavy atom. The third kappa shape index (κ3) is 7.71. The summed E-state index contributed by atoms with van der Waals surface area (Å²) >= 11 is 5.97. The highest BCUT2D eigenvalue weighted by Crippen LogP contribution is 2.19. The maximum Gasteiger partial charge on any atom is 0.332 e. The van der Waals surface area contributed by atoms with E-state index in [9.17, 15) is 31.5 Å². The first-order chi connectivity index (χ1) is 19.9. The first-order valence-electron chi connectivity index (χ1n) is 12.9. The van der Waals surface area contributed by atoms with Gasteiger partial charge in [-0.1, -0.05) is 41.9 Å². The van der Waals surface area contributed by atoms with Gasteiger partial charge in [0.1, 0.15) is 12.6 Å². The van der Waals surface area contributed by atoms with Crippen LogP contribution in [0.2, 0.25) is 5.02 Å². The van der Waals surface area contributed by atoms with Crippen molar-refractivity contribution < 1.29 is 31.5 Å². The number of hydrogen-bond donors (Lipinski definition) is 1. The smallest absolute Gasteiger partial charge is 0.332 e. The number of rotatable bonds is 9. The molecule has 3 aromatic rings. The number of piperazine rings is 1. The standard InChI is InChI=1S/C29H28ClFN4O6S/c1-33(23-11-9-22(30)10-12-23)29(39)25(17-20-5-3-2-4-6-20)32-26(36)18-34-15-16-35(19-27(34)37)28(38)21-7-13-24(14-8-21)42(31,40)41/h2-14,25H,15-19H2,1H3,(H,32,36). The van der Waals surface area contributed by atoms with E-state index in [4.69, 9.17) is 11.6 Å². The van der Waals surface area contributed by atoms with Gasteiger partial charge in [0.05, 0.1) is 11.4 Å². The summed E-state index contributed by atoms with van der Waals surface area (Å²) in [6.45, 7) is -0.433. The molecule has 3 aromatic carbocycles. The molecule has 4 rings (SSSR count). The molecule has 1 unspecified atom stereocenters. The summed E-state index contributed by atoms with van der Waals surface area (Å²) < 4.78 is 35.2. The quantitative estimate of drug-likeness (QED) is 0.370. The lowest BCUT2D eigenvalue weighted by Crippen LogP contribution is -2.56. The molecular formula is C29H28ClFN4O6S. The average molecular weight is 615 g/mol. The number of carbonyl (C=O) groups excluding carboxylic acids is 4. The minimum atomic E-state index is -4.90. The van der Waals surface area contributed by atoms with Crippen LogP contribution in [0.1, 0.15) is 15.9 Å². The lowest BCUT2D eigenvalue weighted by Gasteiger charge is -2.34. The van der Waals surface area contributed by atoms with E-state index in [1.165, 1.54) is 26.8 Å². The van der Waals surface area contributed by atoms with Crippen molar-refractivity contribution >= 4 is 51.1 Å². The second-order valence-electron chi connectivity index (χ2n) is 9.69. The van der Waals surface area contributed by atoms with Gasteiger partial charge in [-0.25, -0.2) is 0 Å². The van der Waals surface area contributed by atoms with Gasteiger partial charge in [-0.2, -0.15) is 8.42 Å². The van der Waals surface area contributed by atoms with Crippen molar-refractivity contribution in [2.45, 2.75) is 17.4 Å². The van der Waals surface area contributed by atoms with E-state index in [-0.39, 0.29) is 44.1 Å². The second kappa shape index (κ2) is 13.1. The van der Waals surface area contributed by atoms with E-state index in [0.717, 1.165) is 17.7 Å². The molecule has 1 N–H and O–H groups in total. The zero-order chi connectivity index (χ0) is 30.4. The zero-order valence-corrected chi connectivity index (χ0v) is 24.1. The molecule has 1 atom stereocenters. The third-order valence-electron chi connectivity index (χ3n) is 6.78. The predicted molar refractivity (Wildman–Crippen MR) is 154 cm³/mol. The molecule has 1 aliphatic heterocycles. The second-order valence-corrected chi connectivity index (χ2v) is 11.5. The largest absolute Gasteiger partial charge is 0.342 e. The Hall–Kier alpha value is -4.29. The van der Waals surface area contributed by atoms with E-state index in [1.54, 1.807) is 31.3 Å². The van der Waals surface area contributed by atoms with Gasteiger partial charge in [0.15, 0.2) is 0 Å². The van der Waals surface area contributed by atoms with E-state index in [2.05, 4.69) is 5.32 Å². The highest BCUT2D eigenvalue weighted by molar-refractivity contribution is 7.86. The van der Waals surface area contributed by atoms with Crippen molar-refractivity contribution in [2.75, 3.05) is 38.1 Å². The fourth-order valence-electron chi connectivity index (χ4n) is 4.48. The number of halogens is 2. The number of amides is 4. The molecule has 0 aliphatic carbocycles. The average Bonchev–Trinajstić information content (AvgIpc) is 2.97. The van der Waals surface area contributed by atoms with Crippen LogP contribution in [0.5, 0.6) is 0 Å². The molecular weight excluding hydrogens is 587 g/mol. The summed E-state index contributed by atoms with van der Waals surface area (Å²) in [5.41, 5.74) is 1.52. The molecule has 42 heavy (non-hydrogen) atoms. The highest BCUT2D eigenvalue weighted by Gasteiger charge is 2.31. The molecule has 10 nitrogen and oxygen atoms in total. The Morgan fingerprint density at radius 1 is 0.976 bits per heavy atom.